The van der Waals surface area contributed by atoms with E-state index in [2.05, 4.69) is 6.07 Å². The lowest BCUT2D eigenvalue weighted by molar-refractivity contribution is -0.384. The highest BCUT2D eigenvalue weighted by atomic mass is 16.6. The van der Waals surface area contributed by atoms with Crippen molar-refractivity contribution in [3.63, 3.8) is 0 Å². The Kier molecular flexibility index (Phi) is 2.54. The van der Waals surface area contributed by atoms with Crippen LogP contribution in [0.3, 0.4) is 0 Å². The predicted molar refractivity (Wildman–Crippen MR) is 62.2 cm³/mol. The number of nitrogens with two attached hydrogens (primary N) is 1. The van der Waals surface area contributed by atoms with E-state index in [1.165, 1.54) is 12.1 Å². The molecule has 86 valence electrons. The Morgan fingerprint density at radius 1 is 1.59 bits per heavy atom. The van der Waals surface area contributed by atoms with Crippen LogP contribution in [-0.2, 0) is 13.6 Å². The van der Waals surface area contributed by atoms with E-state index in [0.717, 1.165) is 5.52 Å². The number of nitriles is 1. The summed E-state index contributed by atoms with van der Waals surface area (Å²) in [6.45, 7) is 0.182. The van der Waals surface area contributed by atoms with Gasteiger partial charge in [-0.05, 0) is 6.07 Å². The second-order valence-corrected chi connectivity index (χ2v) is 3.66. The molecule has 1 heterocycles. The maximum atomic E-state index is 10.7. The molecule has 17 heavy (non-hydrogen) atoms. The van der Waals surface area contributed by atoms with Crippen LogP contribution in [0.1, 0.15) is 11.3 Å². The standard InChI is InChI=1S/C11H10N4O2/c1-14-10-3-2-7(15(16)17)4-8(10)9(5-12)11(14)6-13/h2-4H,5,12H2,1H3. The van der Waals surface area contributed by atoms with E-state index in [4.69, 9.17) is 11.0 Å². The van der Waals surface area contributed by atoms with Crippen molar-refractivity contribution in [2.24, 2.45) is 12.8 Å². The minimum Gasteiger partial charge on any atom is -0.335 e. The van der Waals surface area contributed by atoms with E-state index in [0.29, 0.717) is 16.6 Å². The molecule has 0 atom stereocenters. The molecule has 1 aromatic carbocycles. The number of hydrogen-bond acceptors (Lipinski definition) is 4. The van der Waals surface area contributed by atoms with Gasteiger partial charge in [-0.2, -0.15) is 5.26 Å². The molecule has 0 saturated heterocycles. The molecule has 0 bridgehead atoms. The Morgan fingerprint density at radius 2 is 2.29 bits per heavy atom. The third kappa shape index (κ3) is 1.53. The zero-order valence-electron chi connectivity index (χ0n) is 9.17. The number of benzene rings is 1. The summed E-state index contributed by atoms with van der Waals surface area (Å²) in [6.07, 6.45) is 0. The minimum atomic E-state index is -0.460. The highest BCUT2D eigenvalue weighted by Crippen LogP contribution is 2.28. The maximum absolute atomic E-state index is 10.7. The van der Waals surface area contributed by atoms with Crippen LogP contribution in [0, 0.1) is 21.4 Å². The molecular weight excluding hydrogens is 220 g/mol. The van der Waals surface area contributed by atoms with Crippen LogP contribution in [0.4, 0.5) is 5.69 Å². The van der Waals surface area contributed by atoms with Crippen molar-refractivity contribution >= 4 is 16.6 Å². The molecule has 2 N–H and O–H groups in total. The highest BCUT2D eigenvalue weighted by molar-refractivity contribution is 5.88. The fourth-order valence-electron chi connectivity index (χ4n) is 1.97. The monoisotopic (exact) mass is 230 g/mol. The molecule has 0 saturated carbocycles. The van der Waals surface area contributed by atoms with Crippen LogP contribution in [-0.4, -0.2) is 9.49 Å². The van der Waals surface area contributed by atoms with Gasteiger partial charge < -0.3 is 10.3 Å². The molecule has 6 nitrogen and oxygen atoms in total. The topological polar surface area (TPSA) is 97.9 Å². The summed E-state index contributed by atoms with van der Waals surface area (Å²) < 4.78 is 1.70. The molecule has 1 aromatic heterocycles. The second-order valence-electron chi connectivity index (χ2n) is 3.66. The first-order chi connectivity index (χ1) is 8.10. The third-order valence-corrected chi connectivity index (χ3v) is 2.81. The number of aromatic nitrogens is 1. The summed E-state index contributed by atoms with van der Waals surface area (Å²) in [6, 6.07) is 6.58. The van der Waals surface area contributed by atoms with Crippen molar-refractivity contribution in [2.45, 2.75) is 6.54 Å². The molecule has 2 aromatic rings. The first-order valence-corrected chi connectivity index (χ1v) is 4.96. The number of hydrogen-bond donors (Lipinski definition) is 1. The zero-order chi connectivity index (χ0) is 12.6. The number of aryl methyl sites for hydroxylation is 1. The molecule has 0 spiro atoms. The van der Waals surface area contributed by atoms with Crippen molar-refractivity contribution in [1.82, 2.24) is 4.57 Å². The zero-order valence-corrected chi connectivity index (χ0v) is 9.17. The van der Waals surface area contributed by atoms with Crippen molar-refractivity contribution < 1.29 is 4.92 Å². The number of nitrogens with zero attached hydrogens (tertiary/aromatic N) is 3. The summed E-state index contributed by atoms with van der Waals surface area (Å²) in [5.41, 5.74) is 7.46. The van der Waals surface area contributed by atoms with Gasteiger partial charge in [0.1, 0.15) is 11.8 Å². The third-order valence-electron chi connectivity index (χ3n) is 2.81. The summed E-state index contributed by atoms with van der Waals surface area (Å²) in [7, 11) is 1.74. The Bertz CT molecular complexity index is 652. The van der Waals surface area contributed by atoms with Gasteiger partial charge in [0.05, 0.1) is 4.92 Å². The van der Waals surface area contributed by atoms with Crippen LogP contribution >= 0.6 is 0 Å². The van der Waals surface area contributed by atoms with Gasteiger partial charge in [-0.1, -0.05) is 0 Å². The smallest absolute Gasteiger partial charge is 0.270 e. The van der Waals surface area contributed by atoms with Crippen LogP contribution < -0.4 is 5.73 Å². The molecule has 0 unspecified atom stereocenters. The van der Waals surface area contributed by atoms with E-state index >= 15 is 0 Å². The molecule has 0 aliphatic carbocycles. The first kappa shape index (κ1) is 11.1. The van der Waals surface area contributed by atoms with E-state index in [-0.39, 0.29) is 12.2 Å². The number of non-ortho nitro benzene ring substituents is 1. The fourth-order valence-corrected chi connectivity index (χ4v) is 1.97. The van der Waals surface area contributed by atoms with Crippen molar-refractivity contribution in [3.8, 4) is 6.07 Å². The van der Waals surface area contributed by atoms with Crippen LogP contribution in [0.25, 0.3) is 10.9 Å². The molecule has 0 aliphatic rings. The van der Waals surface area contributed by atoms with Gasteiger partial charge in [-0.25, -0.2) is 0 Å². The first-order valence-electron chi connectivity index (χ1n) is 4.96. The number of rotatable bonds is 2. The molecular formula is C11H10N4O2. The highest BCUT2D eigenvalue weighted by Gasteiger charge is 2.16. The minimum absolute atomic E-state index is 0.00212. The summed E-state index contributed by atoms with van der Waals surface area (Å²) >= 11 is 0. The molecule has 0 amide bonds. The molecule has 0 radical (unpaired) electrons. The molecule has 0 fully saturated rings. The van der Waals surface area contributed by atoms with E-state index in [1.54, 1.807) is 17.7 Å². The number of nitro groups is 1. The Balaban J connectivity index is 2.86. The predicted octanol–water partition coefficient (Wildman–Crippen LogP) is 1.42. The summed E-state index contributed by atoms with van der Waals surface area (Å²) in [5, 5.41) is 20.4. The van der Waals surface area contributed by atoms with E-state index in [9.17, 15) is 10.1 Å². The van der Waals surface area contributed by atoms with Crippen LogP contribution in [0.15, 0.2) is 18.2 Å². The average molecular weight is 230 g/mol. The van der Waals surface area contributed by atoms with Gasteiger partial charge in [-0.15, -0.1) is 0 Å². The lowest BCUT2D eigenvalue weighted by Gasteiger charge is -1.96. The van der Waals surface area contributed by atoms with Crippen molar-refractivity contribution in [3.05, 3.63) is 39.6 Å². The van der Waals surface area contributed by atoms with Gasteiger partial charge in [0.25, 0.3) is 5.69 Å². The quantitative estimate of drug-likeness (QED) is 0.623. The second kappa shape index (κ2) is 3.88. The molecule has 6 heteroatoms. The normalized spacial score (nSPS) is 10.4. The fraction of sp³-hybridized carbons (Fsp3) is 0.182. The van der Waals surface area contributed by atoms with Gasteiger partial charge >= 0.3 is 0 Å². The lowest BCUT2D eigenvalue weighted by Crippen LogP contribution is -2.00. The van der Waals surface area contributed by atoms with Gasteiger partial charge in [0.15, 0.2) is 0 Å². The van der Waals surface area contributed by atoms with Crippen LogP contribution in [0.2, 0.25) is 0 Å². The van der Waals surface area contributed by atoms with Crippen molar-refractivity contribution in [1.29, 1.82) is 5.26 Å². The lowest BCUT2D eigenvalue weighted by atomic mass is 10.1. The van der Waals surface area contributed by atoms with Gasteiger partial charge in [0.2, 0.25) is 0 Å². The summed E-state index contributed by atoms with van der Waals surface area (Å²) in [4.78, 5) is 10.2. The average Bonchev–Trinajstić information content (AvgIpc) is 2.60. The SMILES string of the molecule is Cn1c(C#N)c(CN)c2cc([N+](=O)[O-])ccc21. The Morgan fingerprint density at radius 3 is 2.82 bits per heavy atom. The van der Waals surface area contributed by atoms with Crippen LogP contribution in [0.5, 0.6) is 0 Å². The number of nitro benzene ring substituents is 1. The van der Waals surface area contributed by atoms with Gasteiger partial charge in [0, 0.05) is 42.2 Å². The largest absolute Gasteiger partial charge is 0.335 e. The molecule has 0 aliphatic heterocycles. The van der Waals surface area contributed by atoms with E-state index < -0.39 is 4.92 Å². The maximum Gasteiger partial charge on any atom is 0.270 e. The summed E-state index contributed by atoms with van der Waals surface area (Å²) in [5.74, 6) is 0. The Labute approximate surface area is 97.0 Å². The van der Waals surface area contributed by atoms with Gasteiger partial charge in [-0.3, -0.25) is 10.1 Å². The Hall–Kier alpha value is -2.39. The van der Waals surface area contributed by atoms with Crippen molar-refractivity contribution in [2.75, 3.05) is 0 Å². The van der Waals surface area contributed by atoms with E-state index in [1.807, 2.05) is 0 Å². The molecule has 2 rings (SSSR count). The number of fused-ring (bicyclic) bond motifs is 1.